The second-order valence-electron chi connectivity index (χ2n) is 5.17. The van der Waals surface area contributed by atoms with Gasteiger partial charge in [0.2, 0.25) is 5.91 Å². The summed E-state index contributed by atoms with van der Waals surface area (Å²) in [6, 6.07) is 0.301. The van der Waals surface area contributed by atoms with Gasteiger partial charge in [-0.1, -0.05) is 6.42 Å². The molecular formula is C14H28N2O2. The van der Waals surface area contributed by atoms with Gasteiger partial charge in [0.25, 0.3) is 0 Å². The third kappa shape index (κ3) is 5.36. The van der Waals surface area contributed by atoms with E-state index < -0.39 is 0 Å². The molecule has 0 bridgehead atoms. The van der Waals surface area contributed by atoms with Crippen LogP contribution in [0.2, 0.25) is 0 Å². The van der Waals surface area contributed by atoms with Crippen LogP contribution in [0.1, 0.15) is 46.0 Å². The molecule has 2 N–H and O–H groups in total. The predicted molar refractivity (Wildman–Crippen MR) is 73.3 cm³/mol. The van der Waals surface area contributed by atoms with Crippen molar-refractivity contribution in [3.63, 3.8) is 0 Å². The van der Waals surface area contributed by atoms with Crippen molar-refractivity contribution in [3.8, 4) is 0 Å². The van der Waals surface area contributed by atoms with Crippen LogP contribution in [0.3, 0.4) is 0 Å². The average Bonchev–Trinajstić information content (AvgIpc) is 2.34. The van der Waals surface area contributed by atoms with Gasteiger partial charge in [-0.15, -0.1) is 0 Å². The molecule has 4 nitrogen and oxygen atoms in total. The van der Waals surface area contributed by atoms with Gasteiger partial charge < -0.3 is 15.4 Å². The molecule has 0 heterocycles. The first-order chi connectivity index (χ1) is 8.67. The first-order valence-electron chi connectivity index (χ1n) is 7.28. The van der Waals surface area contributed by atoms with Crippen LogP contribution in [0, 0.1) is 5.92 Å². The molecule has 1 rings (SSSR count). The Kier molecular flexibility index (Phi) is 7.28. The summed E-state index contributed by atoms with van der Waals surface area (Å²) in [6.07, 6.45) is 5.11. The third-order valence-corrected chi connectivity index (χ3v) is 3.73. The number of carbonyl (C=O) groups excluding carboxylic acids is 1. The second-order valence-corrected chi connectivity index (χ2v) is 5.17. The molecule has 2 atom stereocenters. The molecule has 0 spiro atoms. The molecular weight excluding hydrogens is 228 g/mol. The molecule has 18 heavy (non-hydrogen) atoms. The fourth-order valence-electron chi connectivity index (χ4n) is 2.67. The quantitative estimate of drug-likeness (QED) is 0.706. The van der Waals surface area contributed by atoms with Gasteiger partial charge in [-0.3, -0.25) is 4.79 Å². The monoisotopic (exact) mass is 256 g/mol. The van der Waals surface area contributed by atoms with Crippen LogP contribution in [0.25, 0.3) is 0 Å². The Morgan fingerprint density at radius 3 is 2.78 bits per heavy atom. The summed E-state index contributed by atoms with van der Waals surface area (Å²) < 4.78 is 5.31. The lowest BCUT2D eigenvalue weighted by atomic mass is 9.84. The molecule has 0 aromatic carbocycles. The first kappa shape index (κ1) is 15.4. The van der Waals surface area contributed by atoms with E-state index in [0.717, 1.165) is 25.8 Å². The molecule has 106 valence electrons. The van der Waals surface area contributed by atoms with E-state index in [4.69, 9.17) is 10.5 Å². The summed E-state index contributed by atoms with van der Waals surface area (Å²) in [5, 5.41) is 0. The minimum atomic E-state index is 0.260. The van der Waals surface area contributed by atoms with E-state index in [1.807, 2.05) is 18.7 Å². The number of nitrogens with two attached hydrogens (primary N) is 1. The highest BCUT2D eigenvalue weighted by Crippen LogP contribution is 2.26. The summed E-state index contributed by atoms with van der Waals surface area (Å²) in [5.74, 6) is 0.749. The number of nitrogens with zero attached hydrogens (tertiary/aromatic N) is 1. The molecule has 0 saturated heterocycles. The summed E-state index contributed by atoms with van der Waals surface area (Å²) in [5.41, 5.74) is 5.96. The van der Waals surface area contributed by atoms with Gasteiger partial charge in [0.15, 0.2) is 0 Å². The summed E-state index contributed by atoms with van der Waals surface area (Å²) in [4.78, 5) is 14.1. The van der Waals surface area contributed by atoms with Gasteiger partial charge in [0, 0.05) is 32.2 Å². The number of carbonyl (C=O) groups is 1. The number of rotatable bonds is 7. The van der Waals surface area contributed by atoms with Crippen LogP contribution in [0.5, 0.6) is 0 Å². The minimum absolute atomic E-state index is 0.260. The van der Waals surface area contributed by atoms with Crippen LogP contribution >= 0.6 is 0 Å². The third-order valence-electron chi connectivity index (χ3n) is 3.73. The van der Waals surface area contributed by atoms with Crippen LogP contribution in [-0.4, -0.2) is 43.2 Å². The Bertz CT molecular complexity index is 246. The lowest BCUT2D eigenvalue weighted by Crippen LogP contribution is -2.36. The molecule has 1 aliphatic carbocycles. The molecule has 4 heteroatoms. The second kappa shape index (κ2) is 8.48. The van der Waals surface area contributed by atoms with Crippen molar-refractivity contribution in [3.05, 3.63) is 0 Å². The Morgan fingerprint density at radius 1 is 1.39 bits per heavy atom. The van der Waals surface area contributed by atoms with E-state index in [1.165, 1.54) is 6.42 Å². The van der Waals surface area contributed by atoms with Crippen molar-refractivity contribution in [2.45, 2.75) is 52.0 Å². The van der Waals surface area contributed by atoms with Gasteiger partial charge in [-0.25, -0.2) is 0 Å². The molecule has 0 aliphatic heterocycles. The van der Waals surface area contributed by atoms with E-state index in [-0.39, 0.29) is 5.91 Å². The van der Waals surface area contributed by atoms with Crippen LogP contribution < -0.4 is 5.73 Å². The first-order valence-corrected chi connectivity index (χ1v) is 7.28. The maximum atomic E-state index is 12.2. The van der Waals surface area contributed by atoms with Gasteiger partial charge in [-0.05, 0) is 39.0 Å². The maximum absolute atomic E-state index is 12.2. The molecule has 0 aromatic heterocycles. The highest BCUT2D eigenvalue weighted by Gasteiger charge is 2.23. The van der Waals surface area contributed by atoms with E-state index in [1.54, 1.807) is 0 Å². The van der Waals surface area contributed by atoms with E-state index in [9.17, 15) is 4.79 Å². The average molecular weight is 256 g/mol. The molecule has 1 amide bonds. The summed E-state index contributed by atoms with van der Waals surface area (Å²) in [6.45, 7) is 6.83. The smallest absolute Gasteiger partial charge is 0.222 e. The summed E-state index contributed by atoms with van der Waals surface area (Å²) >= 11 is 0. The lowest BCUT2D eigenvalue weighted by Gasteiger charge is -2.28. The molecule has 2 unspecified atom stereocenters. The zero-order valence-electron chi connectivity index (χ0n) is 11.9. The van der Waals surface area contributed by atoms with Gasteiger partial charge in [0.1, 0.15) is 0 Å². The Hall–Kier alpha value is -0.610. The SMILES string of the molecule is CCOCCN(CC)C(=O)CC1CCCC(N)C1. The van der Waals surface area contributed by atoms with E-state index in [2.05, 4.69) is 0 Å². The standard InChI is InChI=1S/C14H28N2O2/c1-3-16(8-9-18-4-2)14(17)11-12-6-5-7-13(15)10-12/h12-13H,3-11,15H2,1-2H3. The number of likely N-dealkylation sites (N-methyl/N-ethyl adjacent to an activating group) is 1. The number of hydrogen-bond donors (Lipinski definition) is 1. The van der Waals surface area contributed by atoms with E-state index in [0.29, 0.717) is 38.1 Å². The van der Waals surface area contributed by atoms with E-state index >= 15 is 0 Å². The normalized spacial score (nSPS) is 23.9. The predicted octanol–water partition coefficient (Wildman–Crippen LogP) is 1.78. The van der Waals surface area contributed by atoms with Crippen LogP contribution in [0.4, 0.5) is 0 Å². The van der Waals surface area contributed by atoms with Crippen molar-refractivity contribution in [1.29, 1.82) is 0 Å². The highest BCUT2D eigenvalue weighted by atomic mass is 16.5. The maximum Gasteiger partial charge on any atom is 0.222 e. The molecule has 0 radical (unpaired) electrons. The zero-order chi connectivity index (χ0) is 13.4. The summed E-state index contributed by atoms with van der Waals surface area (Å²) in [7, 11) is 0. The fraction of sp³-hybridized carbons (Fsp3) is 0.929. The Morgan fingerprint density at radius 2 is 2.17 bits per heavy atom. The van der Waals surface area contributed by atoms with Gasteiger partial charge in [0.05, 0.1) is 6.61 Å². The highest BCUT2D eigenvalue weighted by molar-refractivity contribution is 5.76. The number of amides is 1. The van der Waals surface area contributed by atoms with Crippen LogP contribution in [0.15, 0.2) is 0 Å². The Labute approximate surface area is 111 Å². The number of ether oxygens (including phenoxy) is 1. The van der Waals surface area contributed by atoms with Gasteiger partial charge >= 0.3 is 0 Å². The van der Waals surface area contributed by atoms with Crippen molar-refractivity contribution >= 4 is 5.91 Å². The lowest BCUT2D eigenvalue weighted by molar-refractivity contribution is -0.133. The van der Waals surface area contributed by atoms with Crippen molar-refractivity contribution in [2.24, 2.45) is 11.7 Å². The molecule has 1 aliphatic rings. The molecule has 1 saturated carbocycles. The topological polar surface area (TPSA) is 55.6 Å². The van der Waals surface area contributed by atoms with Crippen molar-refractivity contribution < 1.29 is 9.53 Å². The van der Waals surface area contributed by atoms with Crippen molar-refractivity contribution in [2.75, 3.05) is 26.3 Å². The van der Waals surface area contributed by atoms with Crippen LogP contribution in [-0.2, 0) is 9.53 Å². The molecule has 1 fully saturated rings. The van der Waals surface area contributed by atoms with Crippen molar-refractivity contribution in [1.82, 2.24) is 4.90 Å². The van der Waals surface area contributed by atoms with Gasteiger partial charge in [-0.2, -0.15) is 0 Å². The fourth-order valence-corrected chi connectivity index (χ4v) is 2.67. The zero-order valence-corrected chi connectivity index (χ0v) is 11.9. The molecule has 0 aromatic rings. The Balaban J connectivity index is 2.31. The largest absolute Gasteiger partial charge is 0.380 e. The number of hydrogen-bond acceptors (Lipinski definition) is 3. The minimum Gasteiger partial charge on any atom is -0.380 e.